The second-order valence-electron chi connectivity index (χ2n) is 5.91. The Kier molecular flexibility index (Phi) is 4.50. The van der Waals surface area contributed by atoms with Crippen LogP contribution in [-0.4, -0.2) is 29.2 Å². The lowest BCUT2D eigenvalue weighted by atomic mass is 9.99. The molecule has 1 aromatic carbocycles. The summed E-state index contributed by atoms with van der Waals surface area (Å²) < 4.78 is 13.1. The maximum Gasteiger partial charge on any atom is 0.256 e. The Hall–Kier alpha value is -2.50. The molecule has 1 N–H and O–H groups in total. The van der Waals surface area contributed by atoms with Crippen molar-refractivity contribution in [2.24, 2.45) is 5.92 Å². The molecule has 0 saturated carbocycles. The fourth-order valence-corrected chi connectivity index (χ4v) is 2.62. The van der Waals surface area contributed by atoms with Crippen molar-refractivity contribution in [1.82, 2.24) is 10.2 Å². The lowest BCUT2D eigenvalue weighted by molar-refractivity contribution is 0.102. The van der Waals surface area contributed by atoms with Crippen molar-refractivity contribution in [3.63, 3.8) is 0 Å². The minimum Gasteiger partial charge on any atom is -0.355 e. The molecule has 23 heavy (non-hydrogen) atoms. The molecule has 5 nitrogen and oxygen atoms in total. The standard InChI is InChI=1S/C17H19FN4O/c1-12-7-9-22(10-8-12)16-6-5-15(20-21-16)19-17(23)13-3-2-4-14(18)11-13/h2-6,11-12H,7-10H2,1H3,(H,19,20,23). The number of carbonyl (C=O) groups excluding carboxylic acids is 1. The molecule has 2 heterocycles. The Bertz CT molecular complexity index is 681. The number of rotatable bonds is 3. The lowest BCUT2D eigenvalue weighted by Crippen LogP contribution is -2.33. The van der Waals surface area contributed by atoms with Crippen LogP contribution in [0.4, 0.5) is 16.0 Å². The summed E-state index contributed by atoms with van der Waals surface area (Å²) in [5.41, 5.74) is 0.251. The van der Waals surface area contributed by atoms with Crippen LogP contribution in [0.25, 0.3) is 0 Å². The Morgan fingerprint density at radius 3 is 2.65 bits per heavy atom. The minimum atomic E-state index is -0.446. The molecule has 0 unspecified atom stereocenters. The summed E-state index contributed by atoms with van der Waals surface area (Å²) in [5, 5.41) is 10.8. The van der Waals surface area contributed by atoms with Gasteiger partial charge in [0.1, 0.15) is 5.82 Å². The zero-order valence-electron chi connectivity index (χ0n) is 13.0. The highest BCUT2D eigenvalue weighted by Gasteiger charge is 2.17. The molecule has 0 spiro atoms. The summed E-state index contributed by atoms with van der Waals surface area (Å²) in [6.45, 7) is 4.21. The molecule has 0 aliphatic carbocycles. The van der Waals surface area contributed by atoms with E-state index in [-0.39, 0.29) is 5.56 Å². The smallest absolute Gasteiger partial charge is 0.256 e. The number of halogens is 1. The molecule has 0 atom stereocenters. The summed E-state index contributed by atoms with van der Waals surface area (Å²) >= 11 is 0. The average Bonchev–Trinajstić information content (AvgIpc) is 2.56. The van der Waals surface area contributed by atoms with Gasteiger partial charge in [-0.25, -0.2) is 4.39 Å². The van der Waals surface area contributed by atoms with Gasteiger partial charge in [0, 0.05) is 18.7 Å². The molecule has 1 fully saturated rings. The number of aromatic nitrogens is 2. The Balaban J connectivity index is 1.64. The molecule has 1 amide bonds. The van der Waals surface area contributed by atoms with Crippen molar-refractivity contribution in [2.75, 3.05) is 23.3 Å². The first-order valence-electron chi connectivity index (χ1n) is 7.77. The second kappa shape index (κ2) is 6.73. The normalized spacial score (nSPS) is 15.5. The third-order valence-corrected chi connectivity index (χ3v) is 4.09. The van der Waals surface area contributed by atoms with Crippen LogP contribution in [0, 0.1) is 11.7 Å². The van der Waals surface area contributed by atoms with E-state index in [1.54, 1.807) is 12.1 Å². The molecular formula is C17H19FN4O. The van der Waals surface area contributed by atoms with E-state index in [0.29, 0.717) is 5.82 Å². The first-order chi connectivity index (χ1) is 11.1. The summed E-state index contributed by atoms with van der Waals surface area (Å²) in [4.78, 5) is 14.2. The fourth-order valence-electron chi connectivity index (χ4n) is 2.62. The second-order valence-corrected chi connectivity index (χ2v) is 5.91. The highest BCUT2D eigenvalue weighted by molar-refractivity contribution is 6.03. The van der Waals surface area contributed by atoms with E-state index >= 15 is 0 Å². The highest BCUT2D eigenvalue weighted by Crippen LogP contribution is 2.21. The fraction of sp³-hybridized carbons (Fsp3) is 0.353. The zero-order chi connectivity index (χ0) is 16.2. The van der Waals surface area contributed by atoms with Crippen LogP contribution >= 0.6 is 0 Å². The van der Waals surface area contributed by atoms with Crippen molar-refractivity contribution in [3.8, 4) is 0 Å². The number of nitrogens with zero attached hydrogens (tertiary/aromatic N) is 3. The Morgan fingerprint density at radius 2 is 2.00 bits per heavy atom. The predicted octanol–water partition coefficient (Wildman–Crippen LogP) is 3.10. The van der Waals surface area contributed by atoms with Gasteiger partial charge in [0.05, 0.1) is 0 Å². The molecule has 1 aliphatic rings. The Labute approximate surface area is 134 Å². The van der Waals surface area contributed by atoms with Crippen LogP contribution in [-0.2, 0) is 0 Å². The van der Waals surface area contributed by atoms with Crippen molar-refractivity contribution >= 4 is 17.5 Å². The summed E-state index contributed by atoms with van der Waals surface area (Å²) in [5.74, 6) is 1.08. The van der Waals surface area contributed by atoms with Gasteiger partial charge in [-0.15, -0.1) is 10.2 Å². The van der Waals surface area contributed by atoms with E-state index in [4.69, 9.17) is 0 Å². The maximum absolute atomic E-state index is 13.1. The van der Waals surface area contributed by atoms with Gasteiger partial charge in [-0.05, 0) is 49.1 Å². The number of hydrogen-bond acceptors (Lipinski definition) is 4. The Morgan fingerprint density at radius 1 is 1.22 bits per heavy atom. The lowest BCUT2D eigenvalue weighted by Gasteiger charge is -2.30. The molecule has 6 heteroatoms. The van der Waals surface area contributed by atoms with Gasteiger partial charge < -0.3 is 10.2 Å². The molecular weight excluding hydrogens is 295 g/mol. The van der Waals surface area contributed by atoms with Crippen molar-refractivity contribution in [2.45, 2.75) is 19.8 Å². The first-order valence-corrected chi connectivity index (χ1v) is 7.77. The third kappa shape index (κ3) is 3.83. The van der Waals surface area contributed by atoms with Crippen molar-refractivity contribution in [3.05, 3.63) is 47.8 Å². The van der Waals surface area contributed by atoms with E-state index in [2.05, 4.69) is 27.3 Å². The van der Waals surface area contributed by atoms with Crippen LogP contribution in [0.1, 0.15) is 30.1 Å². The number of carbonyl (C=O) groups is 1. The van der Waals surface area contributed by atoms with E-state index in [1.807, 2.05) is 6.07 Å². The minimum absolute atomic E-state index is 0.251. The summed E-state index contributed by atoms with van der Waals surface area (Å²) in [7, 11) is 0. The highest BCUT2D eigenvalue weighted by atomic mass is 19.1. The summed E-state index contributed by atoms with van der Waals surface area (Å²) in [6, 6.07) is 9.10. The number of anilines is 2. The van der Waals surface area contributed by atoms with Gasteiger partial charge >= 0.3 is 0 Å². The summed E-state index contributed by atoms with van der Waals surface area (Å²) in [6.07, 6.45) is 2.31. The monoisotopic (exact) mass is 314 g/mol. The average molecular weight is 314 g/mol. The van der Waals surface area contributed by atoms with Gasteiger partial charge in [-0.3, -0.25) is 4.79 Å². The van der Waals surface area contributed by atoms with Crippen LogP contribution in [0.15, 0.2) is 36.4 Å². The molecule has 0 bridgehead atoms. The van der Waals surface area contributed by atoms with Gasteiger partial charge in [-0.2, -0.15) is 0 Å². The maximum atomic E-state index is 13.1. The molecule has 3 rings (SSSR count). The largest absolute Gasteiger partial charge is 0.355 e. The topological polar surface area (TPSA) is 58.1 Å². The van der Waals surface area contributed by atoms with E-state index in [9.17, 15) is 9.18 Å². The molecule has 1 aromatic heterocycles. The molecule has 2 aromatic rings. The molecule has 1 aliphatic heterocycles. The number of nitrogens with one attached hydrogen (secondary N) is 1. The van der Waals surface area contributed by atoms with Crippen LogP contribution < -0.4 is 10.2 Å². The van der Waals surface area contributed by atoms with Crippen molar-refractivity contribution in [1.29, 1.82) is 0 Å². The van der Waals surface area contributed by atoms with Crippen molar-refractivity contribution < 1.29 is 9.18 Å². The zero-order valence-corrected chi connectivity index (χ0v) is 13.0. The first kappa shape index (κ1) is 15.4. The molecule has 0 radical (unpaired) electrons. The predicted molar refractivity (Wildman–Crippen MR) is 87.0 cm³/mol. The van der Waals surface area contributed by atoms with Crippen LogP contribution in [0.5, 0.6) is 0 Å². The number of hydrogen-bond donors (Lipinski definition) is 1. The quantitative estimate of drug-likeness (QED) is 0.946. The molecule has 120 valence electrons. The van der Waals surface area contributed by atoms with Gasteiger partial charge in [-0.1, -0.05) is 13.0 Å². The van der Waals surface area contributed by atoms with E-state index < -0.39 is 11.7 Å². The molecule has 1 saturated heterocycles. The number of benzene rings is 1. The number of piperidine rings is 1. The van der Waals surface area contributed by atoms with Gasteiger partial charge in [0.15, 0.2) is 11.6 Å². The van der Waals surface area contributed by atoms with Gasteiger partial charge in [0.25, 0.3) is 5.91 Å². The van der Waals surface area contributed by atoms with E-state index in [1.165, 1.54) is 18.2 Å². The van der Waals surface area contributed by atoms with Crippen LogP contribution in [0.2, 0.25) is 0 Å². The number of amides is 1. The van der Waals surface area contributed by atoms with Gasteiger partial charge in [0.2, 0.25) is 0 Å². The van der Waals surface area contributed by atoms with Crippen LogP contribution in [0.3, 0.4) is 0 Å². The third-order valence-electron chi connectivity index (χ3n) is 4.09. The van der Waals surface area contributed by atoms with E-state index in [0.717, 1.165) is 37.7 Å². The SMILES string of the molecule is CC1CCN(c2ccc(NC(=O)c3cccc(F)c3)nn2)CC1.